The quantitative estimate of drug-likeness (QED) is 0.701. The molecule has 3 rings (SSSR count). The van der Waals surface area contributed by atoms with E-state index in [1.165, 1.54) is 32.4 Å². The lowest BCUT2D eigenvalue weighted by Crippen LogP contribution is -2.27. The molecular weight excluding hydrogens is 418 g/mol. The molecule has 1 heterocycles. The van der Waals surface area contributed by atoms with Crippen LogP contribution < -0.4 is 10.2 Å². The minimum absolute atomic E-state index is 0.00539. The van der Waals surface area contributed by atoms with Gasteiger partial charge >= 0.3 is 0 Å². The predicted octanol–water partition coefficient (Wildman–Crippen LogP) is 2.90. The van der Waals surface area contributed by atoms with Gasteiger partial charge in [0, 0.05) is 25.6 Å². The van der Waals surface area contributed by atoms with Gasteiger partial charge < -0.3 is 10.2 Å². The Balaban J connectivity index is 1.92. The summed E-state index contributed by atoms with van der Waals surface area (Å²) in [7, 11) is -1.60. The molecule has 1 aliphatic heterocycles. The molecule has 2 aromatic carbocycles. The molecule has 2 amide bonds. The molecule has 0 saturated carbocycles. The number of hydrogen-bond donors (Lipinski definition) is 1. The van der Waals surface area contributed by atoms with E-state index >= 15 is 0 Å². The van der Waals surface area contributed by atoms with Crippen LogP contribution in [0.4, 0.5) is 11.4 Å². The first-order valence-corrected chi connectivity index (χ1v) is 10.6. The third kappa shape index (κ3) is 4.27. The first-order valence-electron chi connectivity index (χ1n) is 8.79. The average molecular weight is 438 g/mol. The molecule has 0 aliphatic carbocycles. The number of nitrogens with one attached hydrogen (secondary N) is 1. The molecule has 154 valence electrons. The largest absolute Gasteiger partial charge is 0.320 e. The van der Waals surface area contributed by atoms with E-state index in [-0.39, 0.29) is 21.4 Å². The molecule has 29 heavy (non-hydrogen) atoms. The van der Waals surface area contributed by atoms with Gasteiger partial charge in [0.1, 0.15) is 4.90 Å². The third-order valence-electron chi connectivity index (χ3n) is 4.58. The van der Waals surface area contributed by atoms with Crippen molar-refractivity contribution in [3.05, 3.63) is 53.1 Å². The number of carbonyl (C=O) groups is 2. The highest BCUT2D eigenvalue weighted by Crippen LogP contribution is 2.30. The Morgan fingerprint density at radius 1 is 1.24 bits per heavy atom. The van der Waals surface area contributed by atoms with Crippen molar-refractivity contribution in [2.45, 2.75) is 17.7 Å². The fourth-order valence-corrected chi connectivity index (χ4v) is 4.46. The zero-order chi connectivity index (χ0) is 21.2. The predicted molar refractivity (Wildman–Crippen MR) is 109 cm³/mol. The number of amides is 2. The Kier molecular flexibility index (Phi) is 6.23. The number of para-hydroxylation sites is 2. The van der Waals surface area contributed by atoms with Gasteiger partial charge in [0.05, 0.1) is 23.5 Å². The van der Waals surface area contributed by atoms with Crippen LogP contribution in [0.1, 0.15) is 23.2 Å². The number of hydroxylamine groups is 1. The maximum absolute atomic E-state index is 12.8. The number of carbonyl (C=O) groups excluding carboxylic acids is 2. The monoisotopic (exact) mass is 437 g/mol. The molecule has 0 atom stereocenters. The van der Waals surface area contributed by atoms with Crippen molar-refractivity contribution < 1.29 is 22.8 Å². The zero-order valence-electron chi connectivity index (χ0n) is 15.9. The Labute approximate surface area is 174 Å². The second-order valence-corrected chi connectivity index (χ2v) is 8.67. The second-order valence-electron chi connectivity index (χ2n) is 6.36. The molecule has 1 aliphatic rings. The van der Waals surface area contributed by atoms with Crippen LogP contribution in [0.25, 0.3) is 0 Å². The molecule has 0 radical (unpaired) electrons. The number of benzene rings is 2. The number of hydrogen-bond acceptors (Lipinski definition) is 5. The van der Waals surface area contributed by atoms with E-state index in [0.717, 1.165) is 6.42 Å². The van der Waals surface area contributed by atoms with Gasteiger partial charge in [-0.3, -0.25) is 14.4 Å². The molecule has 0 spiro atoms. The van der Waals surface area contributed by atoms with Crippen LogP contribution in [-0.4, -0.2) is 45.4 Å². The molecule has 1 N–H and O–H groups in total. The van der Waals surface area contributed by atoms with E-state index in [2.05, 4.69) is 5.32 Å². The summed E-state index contributed by atoms with van der Waals surface area (Å²) in [6.45, 7) is 0.582. The van der Waals surface area contributed by atoms with Gasteiger partial charge in [-0.05, 0) is 36.8 Å². The molecule has 10 heteroatoms. The lowest BCUT2D eigenvalue weighted by Gasteiger charge is -2.20. The van der Waals surface area contributed by atoms with Crippen LogP contribution in [0.5, 0.6) is 0 Å². The average Bonchev–Trinajstić information content (AvgIpc) is 3.13. The molecule has 1 saturated heterocycles. The highest BCUT2D eigenvalue weighted by Gasteiger charge is 2.27. The van der Waals surface area contributed by atoms with Crippen LogP contribution in [0.3, 0.4) is 0 Å². The summed E-state index contributed by atoms with van der Waals surface area (Å²) in [5.74, 6) is -0.536. The van der Waals surface area contributed by atoms with Crippen LogP contribution in [0.15, 0.2) is 47.4 Å². The smallest absolute Gasteiger partial charge is 0.266 e. The van der Waals surface area contributed by atoms with Gasteiger partial charge in [-0.15, -0.1) is 0 Å². The number of anilines is 2. The number of halogens is 1. The maximum atomic E-state index is 12.8. The summed E-state index contributed by atoms with van der Waals surface area (Å²) >= 11 is 6.04. The third-order valence-corrected chi connectivity index (χ3v) is 6.74. The molecule has 2 aromatic rings. The van der Waals surface area contributed by atoms with Crippen molar-refractivity contribution >= 4 is 44.8 Å². The maximum Gasteiger partial charge on any atom is 0.266 e. The van der Waals surface area contributed by atoms with Crippen LogP contribution in [0, 0.1) is 0 Å². The summed E-state index contributed by atoms with van der Waals surface area (Å²) in [4.78, 5) is 31.0. The van der Waals surface area contributed by atoms with Gasteiger partial charge in [0.2, 0.25) is 5.91 Å². The van der Waals surface area contributed by atoms with E-state index in [1.54, 1.807) is 29.2 Å². The van der Waals surface area contributed by atoms with Gasteiger partial charge in [-0.2, -0.15) is 0 Å². The lowest BCUT2D eigenvalue weighted by molar-refractivity contribution is -0.117. The molecule has 0 aromatic heterocycles. The fourth-order valence-electron chi connectivity index (χ4n) is 2.99. The topological polar surface area (TPSA) is 96.0 Å². The summed E-state index contributed by atoms with van der Waals surface area (Å²) in [5.41, 5.74) is 1.16. The summed E-state index contributed by atoms with van der Waals surface area (Å²) < 4.78 is 25.7. The summed E-state index contributed by atoms with van der Waals surface area (Å²) in [5, 5.41) is 2.72. The second kappa shape index (κ2) is 8.50. The highest BCUT2D eigenvalue weighted by atomic mass is 35.5. The van der Waals surface area contributed by atoms with Crippen LogP contribution in [0.2, 0.25) is 5.02 Å². The summed E-state index contributed by atoms with van der Waals surface area (Å²) in [6.07, 6.45) is 1.22. The zero-order valence-corrected chi connectivity index (χ0v) is 17.5. The van der Waals surface area contributed by atoms with E-state index in [0.29, 0.717) is 28.8 Å². The standard InChI is InChI=1S/C19H20ClN3O5S/c1-22(28-2)29(26,27)17-12-13(9-10-14(17)20)19(25)21-15-6-3-4-7-16(15)23-11-5-8-18(23)24/h3-4,6-7,9-10,12H,5,8,11H2,1-2H3,(H,21,25). The van der Waals surface area contributed by atoms with E-state index in [4.69, 9.17) is 16.4 Å². The van der Waals surface area contributed by atoms with Crippen LogP contribution in [-0.2, 0) is 19.7 Å². The van der Waals surface area contributed by atoms with Crippen molar-refractivity contribution in [3.8, 4) is 0 Å². The van der Waals surface area contributed by atoms with Gasteiger partial charge in [-0.1, -0.05) is 28.2 Å². The van der Waals surface area contributed by atoms with E-state index in [9.17, 15) is 18.0 Å². The normalized spacial score (nSPS) is 14.5. The summed E-state index contributed by atoms with van der Waals surface area (Å²) in [6, 6.07) is 10.9. The minimum atomic E-state index is -4.03. The van der Waals surface area contributed by atoms with Gasteiger partial charge in [0.25, 0.3) is 15.9 Å². The van der Waals surface area contributed by atoms with Crippen LogP contribution >= 0.6 is 11.6 Å². The first-order chi connectivity index (χ1) is 13.8. The van der Waals surface area contributed by atoms with Crippen molar-refractivity contribution in [3.63, 3.8) is 0 Å². The van der Waals surface area contributed by atoms with Crippen molar-refractivity contribution in [2.24, 2.45) is 0 Å². The van der Waals surface area contributed by atoms with Gasteiger partial charge in [0.15, 0.2) is 0 Å². The Morgan fingerprint density at radius 2 is 1.97 bits per heavy atom. The molecule has 0 bridgehead atoms. The van der Waals surface area contributed by atoms with Crippen molar-refractivity contribution in [2.75, 3.05) is 30.9 Å². The Morgan fingerprint density at radius 3 is 2.62 bits per heavy atom. The number of sulfonamides is 1. The Hall–Kier alpha value is -2.46. The molecule has 8 nitrogen and oxygen atoms in total. The molecule has 1 fully saturated rings. The van der Waals surface area contributed by atoms with E-state index in [1.807, 2.05) is 0 Å². The number of nitrogens with zero attached hydrogens (tertiary/aromatic N) is 2. The van der Waals surface area contributed by atoms with E-state index < -0.39 is 15.9 Å². The van der Waals surface area contributed by atoms with Gasteiger partial charge in [-0.25, -0.2) is 8.42 Å². The van der Waals surface area contributed by atoms with Crippen molar-refractivity contribution in [1.29, 1.82) is 0 Å². The minimum Gasteiger partial charge on any atom is -0.320 e. The Bertz CT molecular complexity index is 1060. The first kappa shape index (κ1) is 21.3. The number of rotatable bonds is 6. The lowest BCUT2D eigenvalue weighted by atomic mass is 10.2. The molecule has 0 unspecified atom stereocenters. The van der Waals surface area contributed by atoms with Crippen molar-refractivity contribution in [1.82, 2.24) is 4.47 Å². The molecular formula is C19H20ClN3O5S. The SMILES string of the molecule is CON(C)S(=O)(=O)c1cc(C(=O)Nc2ccccc2N2CCCC2=O)ccc1Cl. The fraction of sp³-hybridized carbons (Fsp3) is 0.263. The highest BCUT2D eigenvalue weighted by molar-refractivity contribution is 7.89.